The number of fused-ring (bicyclic) bond motifs is 2. The Labute approximate surface area is 238 Å². The van der Waals surface area contributed by atoms with Crippen LogP contribution in [0.1, 0.15) is 56.7 Å². The van der Waals surface area contributed by atoms with Gasteiger partial charge in [0, 0.05) is 42.2 Å². The number of rotatable bonds is 6. The average molecular weight is 534 g/mol. The largest absolute Gasteiger partial charge is 0.345 e. The molecule has 1 N–H and O–H groups in total. The number of likely N-dealkylation sites (tertiary alicyclic amines) is 1. The highest BCUT2D eigenvalue weighted by atomic mass is 15.1. The molecule has 1 unspecified atom stereocenters. The molecular formula is C35H43N5. The zero-order valence-electron chi connectivity index (χ0n) is 24.3. The highest BCUT2D eigenvalue weighted by Gasteiger charge is 2.21. The number of likely N-dealkylation sites (N-methyl/N-ethyl adjacent to an activating group) is 1. The third-order valence-corrected chi connectivity index (χ3v) is 8.81. The predicted octanol–water partition coefficient (Wildman–Crippen LogP) is 7.18. The van der Waals surface area contributed by atoms with Crippen LogP contribution in [0, 0.1) is 0 Å². The summed E-state index contributed by atoms with van der Waals surface area (Å²) in [5, 5.41) is 6.22. The van der Waals surface area contributed by atoms with Gasteiger partial charge >= 0.3 is 0 Å². The maximum absolute atomic E-state index is 4.24. The van der Waals surface area contributed by atoms with Crippen molar-refractivity contribution in [2.75, 3.05) is 20.1 Å². The lowest BCUT2D eigenvalue weighted by molar-refractivity contribution is 0.309. The molecule has 208 valence electrons. The van der Waals surface area contributed by atoms with Crippen LogP contribution in [0.2, 0.25) is 0 Å². The van der Waals surface area contributed by atoms with Gasteiger partial charge in [0.15, 0.2) is 0 Å². The zero-order chi connectivity index (χ0) is 27.5. The fourth-order valence-electron chi connectivity index (χ4n) is 6.52. The topological polar surface area (TPSA) is 38.0 Å². The SMILES string of the molecule is CC(C)n1ccc2ccc(CC3CCCN3)cc21.CN1CCC[C@H]1Cc1ccc2ccn(-c3cccnc3)c2c1. The van der Waals surface area contributed by atoms with Crippen LogP contribution >= 0.6 is 0 Å². The van der Waals surface area contributed by atoms with Gasteiger partial charge in [0.1, 0.15) is 0 Å². The molecule has 5 heteroatoms. The van der Waals surface area contributed by atoms with Crippen molar-refractivity contribution in [3.8, 4) is 5.69 Å². The molecule has 2 fully saturated rings. The molecule has 0 bridgehead atoms. The van der Waals surface area contributed by atoms with E-state index >= 15 is 0 Å². The van der Waals surface area contributed by atoms with E-state index in [2.05, 4.69) is 112 Å². The van der Waals surface area contributed by atoms with E-state index in [9.17, 15) is 0 Å². The number of hydrogen-bond donors (Lipinski definition) is 1. The average Bonchev–Trinajstić information content (AvgIpc) is 3.77. The molecule has 3 aromatic heterocycles. The van der Waals surface area contributed by atoms with Crippen molar-refractivity contribution in [2.24, 2.45) is 0 Å². The fraction of sp³-hybridized carbons (Fsp3) is 0.400. The van der Waals surface area contributed by atoms with E-state index in [1.54, 1.807) is 0 Å². The van der Waals surface area contributed by atoms with Gasteiger partial charge in [-0.05, 0) is 131 Å². The molecule has 2 saturated heterocycles. The van der Waals surface area contributed by atoms with E-state index in [0.717, 1.165) is 12.1 Å². The monoisotopic (exact) mass is 533 g/mol. The van der Waals surface area contributed by atoms with Crippen LogP contribution in [0.3, 0.4) is 0 Å². The lowest BCUT2D eigenvalue weighted by Gasteiger charge is -2.19. The Morgan fingerprint density at radius 3 is 2.35 bits per heavy atom. The number of nitrogens with zero attached hydrogens (tertiary/aromatic N) is 4. The van der Waals surface area contributed by atoms with Crippen molar-refractivity contribution >= 4 is 21.8 Å². The summed E-state index contributed by atoms with van der Waals surface area (Å²) in [6.45, 7) is 6.91. The maximum atomic E-state index is 4.24. The Morgan fingerprint density at radius 1 is 0.875 bits per heavy atom. The predicted molar refractivity (Wildman–Crippen MR) is 167 cm³/mol. The van der Waals surface area contributed by atoms with E-state index in [1.165, 1.54) is 78.1 Å². The Hall–Kier alpha value is -3.41. The van der Waals surface area contributed by atoms with Crippen molar-refractivity contribution in [1.29, 1.82) is 0 Å². The van der Waals surface area contributed by atoms with Crippen molar-refractivity contribution in [3.63, 3.8) is 0 Å². The Morgan fingerprint density at radius 2 is 1.65 bits per heavy atom. The minimum atomic E-state index is 0.530. The molecule has 40 heavy (non-hydrogen) atoms. The van der Waals surface area contributed by atoms with Gasteiger partial charge in [-0.1, -0.05) is 24.3 Å². The van der Waals surface area contributed by atoms with Gasteiger partial charge in [-0.3, -0.25) is 4.98 Å². The Bertz CT molecular complexity index is 1540. The van der Waals surface area contributed by atoms with Gasteiger partial charge in [0.05, 0.1) is 17.4 Å². The molecule has 2 aliphatic rings. The highest BCUT2D eigenvalue weighted by molar-refractivity contribution is 5.83. The maximum Gasteiger partial charge on any atom is 0.0639 e. The van der Waals surface area contributed by atoms with Crippen LogP contribution in [0.4, 0.5) is 0 Å². The molecule has 2 aliphatic heterocycles. The molecular weight excluding hydrogens is 490 g/mol. The molecule has 5 heterocycles. The first-order valence-electron chi connectivity index (χ1n) is 15.1. The van der Waals surface area contributed by atoms with Crippen molar-refractivity contribution in [1.82, 2.24) is 24.3 Å². The number of pyridine rings is 1. The summed E-state index contributed by atoms with van der Waals surface area (Å²) >= 11 is 0. The second-order valence-corrected chi connectivity index (χ2v) is 12.0. The standard InChI is InChI=1S/C19H21N3.C16H22N2/c1-21-10-3-5-17(21)12-15-6-7-16-8-11-22(19(16)13-15)18-4-2-9-20-14-18;1-12(2)18-9-7-14-6-5-13(11-16(14)18)10-15-4-3-8-17-15/h2,4,6-9,11,13-14,17H,3,5,10,12H2,1H3;5-7,9,11-12,15,17H,3-4,8,10H2,1-2H3/t17-;/m0./s1. The van der Waals surface area contributed by atoms with Crippen LogP contribution in [0.5, 0.6) is 0 Å². The molecule has 5 nitrogen and oxygen atoms in total. The Kier molecular flexibility index (Phi) is 8.03. The first-order chi connectivity index (χ1) is 19.5. The quantitative estimate of drug-likeness (QED) is 0.251. The second-order valence-electron chi connectivity index (χ2n) is 12.0. The van der Waals surface area contributed by atoms with E-state index in [0.29, 0.717) is 18.1 Å². The van der Waals surface area contributed by atoms with E-state index < -0.39 is 0 Å². The van der Waals surface area contributed by atoms with Gasteiger partial charge in [0.25, 0.3) is 0 Å². The van der Waals surface area contributed by atoms with Crippen LogP contribution in [0.15, 0.2) is 85.5 Å². The third kappa shape index (κ3) is 5.86. The molecule has 0 amide bonds. The summed E-state index contributed by atoms with van der Waals surface area (Å²) in [6, 6.07) is 24.2. The summed E-state index contributed by atoms with van der Waals surface area (Å²) in [4.78, 5) is 6.73. The van der Waals surface area contributed by atoms with Crippen molar-refractivity contribution < 1.29 is 0 Å². The van der Waals surface area contributed by atoms with Gasteiger partial charge in [-0.25, -0.2) is 0 Å². The smallest absolute Gasteiger partial charge is 0.0639 e. The molecule has 0 aliphatic carbocycles. The van der Waals surface area contributed by atoms with E-state index in [4.69, 9.17) is 0 Å². The van der Waals surface area contributed by atoms with E-state index in [-0.39, 0.29) is 0 Å². The molecule has 0 saturated carbocycles. The first kappa shape index (κ1) is 26.8. The van der Waals surface area contributed by atoms with Crippen molar-refractivity contribution in [3.05, 3.63) is 96.6 Å². The molecule has 5 aromatic rings. The summed E-state index contributed by atoms with van der Waals surface area (Å²) in [5.74, 6) is 0. The molecule has 2 aromatic carbocycles. The first-order valence-corrected chi connectivity index (χ1v) is 15.1. The van der Waals surface area contributed by atoms with Crippen LogP contribution in [0.25, 0.3) is 27.5 Å². The van der Waals surface area contributed by atoms with Gasteiger partial charge < -0.3 is 19.4 Å². The summed E-state index contributed by atoms with van der Waals surface area (Å²) in [7, 11) is 2.24. The zero-order valence-corrected chi connectivity index (χ0v) is 24.3. The molecule has 2 atom stereocenters. The minimum Gasteiger partial charge on any atom is -0.345 e. The highest BCUT2D eigenvalue weighted by Crippen LogP contribution is 2.25. The summed E-state index contributed by atoms with van der Waals surface area (Å²) in [5.41, 5.74) is 6.65. The van der Waals surface area contributed by atoms with Crippen LogP contribution in [-0.2, 0) is 12.8 Å². The minimum absolute atomic E-state index is 0.530. The van der Waals surface area contributed by atoms with Crippen LogP contribution < -0.4 is 5.32 Å². The second kappa shape index (κ2) is 12.0. The van der Waals surface area contributed by atoms with Crippen molar-refractivity contribution in [2.45, 2.75) is 70.5 Å². The number of hydrogen-bond acceptors (Lipinski definition) is 3. The normalized spacial score (nSPS) is 19.5. The molecule has 0 spiro atoms. The summed E-state index contributed by atoms with van der Waals surface area (Å²) < 4.78 is 4.59. The van der Waals surface area contributed by atoms with Gasteiger partial charge in [-0.15, -0.1) is 0 Å². The number of aromatic nitrogens is 3. The lowest BCUT2D eigenvalue weighted by Crippen LogP contribution is -2.26. The summed E-state index contributed by atoms with van der Waals surface area (Å²) in [6.07, 6.45) is 15.7. The lowest BCUT2D eigenvalue weighted by atomic mass is 10.0. The number of nitrogens with one attached hydrogen (secondary N) is 1. The Balaban J connectivity index is 0.000000148. The van der Waals surface area contributed by atoms with Gasteiger partial charge in [-0.2, -0.15) is 0 Å². The van der Waals surface area contributed by atoms with E-state index in [1.807, 2.05) is 18.5 Å². The van der Waals surface area contributed by atoms with Crippen LogP contribution in [-0.4, -0.2) is 51.2 Å². The molecule has 0 radical (unpaired) electrons. The molecule has 7 rings (SSSR count). The fourth-order valence-corrected chi connectivity index (χ4v) is 6.52. The third-order valence-electron chi connectivity index (χ3n) is 8.81. The number of benzene rings is 2. The van der Waals surface area contributed by atoms with Gasteiger partial charge in [0.2, 0.25) is 0 Å².